The van der Waals surface area contributed by atoms with Crippen LogP contribution >= 0.6 is 11.3 Å². The molecule has 1 fully saturated rings. The molecule has 0 bridgehead atoms. The number of ether oxygens (including phenoxy) is 2. The number of aryl methyl sites for hydroxylation is 1. The molecule has 4 atom stereocenters. The lowest BCUT2D eigenvalue weighted by Crippen LogP contribution is -2.59. The quantitative estimate of drug-likeness (QED) is 0.495. The van der Waals surface area contributed by atoms with E-state index in [1.165, 1.54) is 4.90 Å². The monoisotopic (exact) mass is 572 g/mol. The zero-order chi connectivity index (χ0) is 29.4. The second-order valence-corrected chi connectivity index (χ2v) is 13.4. The van der Waals surface area contributed by atoms with Gasteiger partial charge in [-0.25, -0.2) is 9.78 Å². The number of nitrogens with one attached hydrogen (secondary N) is 2. The van der Waals surface area contributed by atoms with Crippen molar-refractivity contribution < 1.29 is 29.0 Å². The Morgan fingerprint density at radius 2 is 1.93 bits per heavy atom. The van der Waals surface area contributed by atoms with Gasteiger partial charge in [-0.15, -0.1) is 11.3 Å². The van der Waals surface area contributed by atoms with Gasteiger partial charge in [0.1, 0.15) is 23.6 Å². The largest absolute Gasteiger partial charge is 0.493 e. The highest BCUT2D eigenvalue weighted by Crippen LogP contribution is 2.39. The third kappa shape index (κ3) is 6.75. The Labute approximate surface area is 239 Å². The highest BCUT2D eigenvalue weighted by molar-refractivity contribution is 7.13. The number of aliphatic hydroxyl groups is 1. The second-order valence-electron chi connectivity index (χ2n) is 12.6. The van der Waals surface area contributed by atoms with Gasteiger partial charge in [0.15, 0.2) is 0 Å². The summed E-state index contributed by atoms with van der Waals surface area (Å²) in [6, 6.07) is 4.91. The van der Waals surface area contributed by atoms with Crippen LogP contribution in [-0.2, 0) is 14.3 Å². The van der Waals surface area contributed by atoms with Crippen LogP contribution in [-0.4, -0.2) is 70.0 Å². The summed E-state index contributed by atoms with van der Waals surface area (Å²) in [6.07, 6.45) is -1.53. The summed E-state index contributed by atoms with van der Waals surface area (Å²) in [5.74, 6) is -0.438. The molecule has 1 unspecified atom stereocenters. The first-order valence-electron chi connectivity index (χ1n) is 13.6. The number of rotatable bonds is 5. The molecule has 2 aromatic rings. The summed E-state index contributed by atoms with van der Waals surface area (Å²) < 4.78 is 11.3. The highest BCUT2D eigenvalue weighted by Gasteiger charge is 2.43. The van der Waals surface area contributed by atoms with Crippen LogP contribution in [0.5, 0.6) is 5.75 Å². The standard InChI is InChI=1S/C29H40N4O6S/c1-16-23(40-15-30-16)17-8-9-19-20(10-11-38-21(19)12-17)25(35)31-22-13-18(34)14-33(22)26(36)24(28(2,3)4)32-27(37)39-29(5,6)7/h8-9,12,15,18,20,22,24,34H,10-11,13-14H2,1-7H3,(H,31,35)(H,32,37)/t18-,20?,22+,24-/m1/s1. The molecular weight excluding hydrogens is 532 g/mol. The van der Waals surface area contributed by atoms with Gasteiger partial charge >= 0.3 is 6.09 Å². The lowest BCUT2D eigenvalue weighted by Gasteiger charge is -2.36. The van der Waals surface area contributed by atoms with Crippen molar-refractivity contribution >= 4 is 29.2 Å². The summed E-state index contributed by atoms with van der Waals surface area (Å²) in [4.78, 5) is 46.7. The molecule has 3 amide bonds. The third-order valence-corrected chi connectivity index (χ3v) is 8.00. The molecule has 1 aromatic carbocycles. The Hall–Kier alpha value is -3.18. The van der Waals surface area contributed by atoms with E-state index in [1.54, 1.807) is 37.6 Å². The number of carbonyl (C=O) groups excluding carboxylic acids is 3. The molecular formula is C29H40N4O6S. The van der Waals surface area contributed by atoms with E-state index in [2.05, 4.69) is 15.6 Å². The number of fused-ring (bicyclic) bond motifs is 1. The Balaban J connectivity index is 1.51. The predicted octanol–water partition coefficient (Wildman–Crippen LogP) is 3.96. The van der Waals surface area contributed by atoms with Gasteiger partial charge < -0.3 is 30.1 Å². The fourth-order valence-corrected chi connectivity index (χ4v) is 5.88. The summed E-state index contributed by atoms with van der Waals surface area (Å²) >= 11 is 1.55. The first kappa shape index (κ1) is 29.8. The van der Waals surface area contributed by atoms with Crippen LogP contribution in [0, 0.1) is 12.3 Å². The average molecular weight is 573 g/mol. The molecule has 3 N–H and O–H groups in total. The third-order valence-electron chi connectivity index (χ3n) is 7.02. The van der Waals surface area contributed by atoms with E-state index >= 15 is 0 Å². The summed E-state index contributed by atoms with van der Waals surface area (Å²) in [5, 5.41) is 16.2. The zero-order valence-electron chi connectivity index (χ0n) is 24.2. The number of β-amino-alcohol motifs (C(OH)–C–C–N with tert-alkyl or cyclic N) is 1. The van der Waals surface area contributed by atoms with Crippen molar-refractivity contribution in [2.24, 2.45) is 5.41 Å². The lowest BCUT2D eigenvalue weighted by atomic mass is 9.86. The number of alkyl carbamates (subject to hydrolysis) is 1. The molecule has 0 saturated carbocycles. The van der Waals surface area contributed by atoms with Gasteiger partial charge in [-0.05, 0) is 51.2 Å². The van der Waals surface area contributed by atoms with Crippen LogP contribution in [0.25, 0.3) is 10.4 Å². The van der Waals surface area contributed by atoms with Crippen LogP contribution in [0.1, 0.15) is 71.6 Å². The van der Waals surface area contributed by atoms with Crippen LogP contribution in [0.3, 0.4) is 0 Å². The van der Waals surface area contributed by atoms with Crippen molar-refractivity contribution in [3.8, 4) is 16.2 Å². The number of likely N-dealkylation sites (tertiary alicyclic amines) is 1. The molecule has 3 heterocycles. The molecule has 40 heavy (non-hydrogen) atoms. The van der Waals surface area contributed by atoms with Crippen LogP contribution in [0.2, 0.25) is 0 Å². The molecule has 0 aliphatic carbocycles. The van der Waals surface area contributed by atoms with E-state index in [-0.39, 0.29) is 18.9 Å². The number of aliphatic hydroxyl groups excluding tert-OH is 1. The zero-order valence-corrected chi connectivity index (χ0v) is 25.1. The van der Waals surface area contributed by atoms with Gasteiger partial charge in [-0.2, -0.15) is 0 Å². The number of hydrogen-bond donors (Lipinski definition) is 3. The summed E-state index contributed by atoms with van der Waals surface area (Å²) in [5.41, 5.74) is 3.14. The summed E-state index contributed by atoms with van der Waals surface area (Å²) in [6.45, 7) is 13.2. The SMILES string of the molecule is Cc1ncsc1-c1ccc2c(c1)OCCC2C(=O)N[C@@H]1C[C@@H](O)CN1C(=O)[C@@H](NC(=O)OC(C)(C)C)C(C)(C)C. The maximum Gasteiger partial charge on any atom is 0.408 e. The minimum atomic E-state index is -0.926. The van der Waals surface area contributed by atoms with Crippen molar-refractivity contribution in [2.45, 2.75) is 91.1 Å². The van der Waals surface area contributed by atoms with Crippen molar-refractivity contribution in [3.63, 3.8) is 0 Å². The molecule has 1 saturated heterocycles. The van der Waals surface area contributed by atoms with Gasteiger partial charge in [-0.3, -0.25) is 9.59 Å². The molecule has 11 heteroatoms. The smallest absolute Gasteiger partial charge is 0.408 e. The van der Waals surface area contributed by atoms with Gasteiger partial charge in [0.25, 0.3) is 0 Å². The number of nitrogens with zero attached hydrogens (tertiary/aromatic N) is 2. The van der Waals surface area contributed by atoms with E-state index < -0.39 is 47.2 Å². The Morgan fingerprint density at radius 1 is 1.20 bits per heavy atom. The van der Waals surface area contributed by atoms with E-state index in [4.69, 9.17) is 9.47 Å². The Morgan fingerprint density at radius 3 is 2.55 bits per heavy atom. The average Bonchev–Trinajstić information content (AvgIpc) is 3.44. The Kier molecular flexibility index (Phi) is 8.46. The number of carbonyl (C=O) groups is 3. The topological polar surface area (TPSA) is 130 Å². The van der Waals surface area contributed by atoms with Crippen LogP contribution in [0.15, 0.2) is 23.7 Å². The number of aromatic nitrogens is 1. The van der Waals surface area contributed by atoms with Gasteiger partial charge in [-0.1, -0.05) is 32.9 Å². The predicted molar refractivity (Wildman–Crippen MR) is 152 cm³/mol. The molecule has 10 nitrogen and oxygen atoms in total. The van der Waals surface area contributed by atoms with Gasteiger partial charge in [0.05, 0.1) is 34.7 Å². The van der Waals surface area contributed by atoms with Crippen molar-refractivity contribution in [1.82, 2.24) is 20.5 Å². The molecule has 0 spiro atoms. The second kappa shape index (κ2) is 11.4. The maximum absolute atomic E-state index is 13.8. The number of thiazole rings is 1. The normalized spacial score (nSPS) is 21.7. The molecule has 0 radical (unpaired) electrons. The minimum Gasteiger partial charge on any atom is -0.493 e. The van der Waals surface area contributed by atoms with Crippen molar-refractivity contribution in [3.05, 3.63) is 35.0 Å². The van der Waals surface area contributed by atoms with E-state index in [9.17, 15) is 19.5 Å². The van der Waals surface area contributed by atoms with E-state index in [0.29, 0.717) is 18.8 Å². The lowest BCUT2D eigenvalue weighted by molar-refractivity contribution is -0.139. The molecule has 218 valence electrons. The molecule has 4 rings (SSSR count). The Bertz CT molecular complexity index is 1260. The van der Waals surface area contributed by atoms with Gasteiger partial charge in [0, 0.05) is 18.5 Å². The maximum atomic E-state index is 13.8. The molecule has 1 aromatic heterocycles. The number of benzene rings is 1. The van der Waals surface area contributed by atoms with E-state index in [1.807, 2.05) is 45.9 Å². The summed E-state index contributed by atoms with van der Waals surface area (Å²) in [7, 11) is 0. The first-order valence-corrected chi connectivity index (χ1v) is 14.5. The number of hydrogen-bond acceptors (Lipinski definition) is 8. The minimum absolute atomic E-state index is 0.0499. The fourth-order valence-electron chi connectivity index (χ4n) is 5.08. The van der Waals surface area contributed by atoms with Crippen molar-refractivity contribution in [1.29, 1.82) is 0 Å². The van der Waals surface area contributed by atoms with E-state index in [0.717, 1.165) is 21.7 Å². The van der Waals surface area contributed by atoms with Gasteiger partial charge in [0.2, 0.25) is 11.8 Å². The fraction of sp³-hybridized carbons (Fsp3) is 0.586. The van der Waals surface area contributed by atoms with Crippen molar-refractivity contribution in [2.75, 3.05) is 13.2 Å². The van der Waals surface area contributed by atoms with Crippen LogP contribution in [0.4, 0.5) is 4.79 Å². The van der Waals surface area contributed by atoms with Crippen LogP contribution < -0.4 is 15.4 Å². The molecule has 2 aliphatic heterocycles. The highest BCUT2D eigenvalue weighted by atomic mass is 32.1. The first-order chi connectivity index (χ1) is 18.6. The molecule has 2 aliphatic rings. The number of amides is 3.